The molecule has 2 nitrogen and oxygen atoms in total. The lowest BCUT2D eigenvalue weighted by Crippen LogP contribution is -2.21. The Balaban J connectivity index is 2.44. The Morgan fingerprint density at radius 1 is 1.11 bits per heavy atom. The lowest BCUT2D eigenvalue weighted by atomic mass is 10.00. The predicted octanol–water partition coefficient (Wildman–Crippen LogP) is 4.40. The minimum atomic E-state index is 0.476. The van der Waals surface area contributed by atoms with E-state index in [1.165, 1.54) is 49.7 Å². The van der Waals surface area contributed by atoms with E-state index in [9.17, 15) is 0 Å². The summed E-state index contributed by atoms with van der Waals surface area (Å²) in [6.07, 6.45) is 11.9. The Kier molecular flexibility index (Phi) is 7.66. The SMILES string of the molecule is CCCCCCCC(NCC)c1cncc(C)c1. The van der Waals surface area contributed by atoms with Crippen LogP contribution in [0.1, 0.15) is 69.5 Å². The van der Waals surface area contributed by atoms with E-state index in [4.69, 9.17) is 0 Å². The molecule has 0 fully saturated rings. The summed E-state index contributed by atoms with van der Waals surface area (Å²) in [5, 5.41) is 3.58. The van der Waals surface area contributed by atoms with Crippen LogP contribution in [-0.4, -0.2) is 11.5 Å². The van der Waals surface area contributed by atoms with Gasteiger partial charge in [-0.2, -0.15) is 0 Å². The molecule has 0 aromatic carbocycles. The van der Waals surface area contributed by atoms with Crippen LogP contribution in [0.25, 0.3) is 0 Å². The first-order valence-corrected chi connectivity index (χ1v) is 7.42. The van der Waals surface area contributed by atoms with E-state index in [2.05, 4.69) is 37.1 Å². The maximum Gasteiger partial charge on any atom is 0.0335 e. The van der Waals surface area contributed by atoms with Gasteiger partial charge in [0.2, 0.25) is 0 Å². The molecule has 0 saturated heterocycles. The zero-order chi connectivity index (χ0) is 13.2. The van der Waals surface area contributed by atoms with Gasteiger partial charge in [0.1, 0.15) is 0 Å². The Morgan fingerprint density at radius 2 is 1.89 bits per heavy atom. The number of hydrogen-bond acceptors (Lipinski definition) is 2. The Bertz CT molecular complexity index is 323. The van der Waals surface area contributed by atoms with Crippen LogP contribution in [-0.2, 0) is 0 Å². The highest BCUT2D eigenvalue weighted by molar-refractivity contribution is 5.20. The molecule has 0 amide bonds. The third-order valence-corrected chi connectivity index (χ3v) is 3.35. The van der Waals surface area contributed by atoms with Gasteiger partial charge in [0.25, 0.3) is 0 Å². The average Bonchev–Trinajstić information content (AvgIpc) is 2.37. The third-order valence-electron chi connectivity index (χ3n) is 3.35. The number of unbranched alkanes of at least 4 members (excludes halogenated alkanes) is 4. The molecule has 0 spiro atoms. The summed E-state index contributed by atoms with van der Waals surface area (Å²) in [7, 11) is 0. The van der Waals surface area contributed by atoms with Gasteiger partial charge in [0.15, 0.2) is 0 Å². The molecule has 1 rings (SSSR count). The minimum absolute atomic E-state index is 0.476. The number of aryl methyl sites for hydroxylation is 1. The second-order valence-corrected chi connectivity index (χ2v) is 5.11. The molecule has 1 aromatic rings. The van der Waals surface area contributed by atoms with Crippen molar-refractivity contribution in [3.8, 4) is 0 Å². The maximum absolute atomic E-state index is 4.31. The summed E-state index contributed by atoms with van der Waals surface area (Å²) in [5.41, 5.74) is 2.59. The highest BCUT2D eigenvalue weighted by Gasteiger charge is 2.10. The quantitative estimate of drug-likeness (QED) is 0.655. The van der Waals surface area contributed by atoms with Gasteiger partial charge in [-0.05, 0) is 31.0 Å². The normalized spacial score (nSPS) is 12.6. The van der Waals surface area contributed by atoms with Gasteiger partial charge in [0, 0.05) is 18.4 Å². The van der Waals surface area contributed by atoms with Crippen molar-refractivity contribution >= 4 is 0 Å². The van der Waals surface area contributed by atoms with Gasteiger partial charge in [0.05, 0.1) is 0 Å². The predicted molar refractivity (Wildman–Crippen MR) is 78.8 cm³/mol. The Hall–Kier alpha value is -0.890. The van der Waals surface area contributed by atoms with Gasteiger partial charge < -0.3 is 5.32 Å². The van der Waals surface area contributed by atoms with E-state index in [1.807, 2.05) is 12.4 Å². The molecule has 1 heterocycles. The van der Waals surface area contributed by atoms with Crippen LogP contribution in [0.3, 0.4) is 0 Å². The Labute approximate surface area is 112 Å². The number of pyridine rings is 1. The molecule has 0 aliphatic rings. The van der Waals surface area contributed by atoms with E-state index in [-0.39, 0.29) is 0 Å². The van der Waals surface area contributed by atoms with Crippen molar-refractivity contribution in [3.63, 3.8) is 0 Å². The maximum atomic E-state index is 4.31. The van der Waals surface area contributed by atoms with Crippen molar-refractivity contribution in [1.82, 2.24) is 10.3 Å². The van der Waals surface area contributed by atoms with Crippen molar-refractivity contribution in [2.45, 2.75) is 65.3 Å². The summed E-state index contributed by atoms with van der Waals surface area (Å²) in [6, 6.07) is 2.73. The van der Waals surface area contributed by atoms with E-state index >= 15 is 0 Å². The van der Waals surface area contributed by atoms with Crippen molar-refractivity contribution in [2.24, 2.45) is 0 Å². The molecular weight excluding hydrogens is 220 g/mol. The van der Waals surface area contributed by atoms with E-state index in [0.717, 1.165) is 6.54 Å². The molecule has 1 aromatic heterocycles. The zero-order valence-electron chi connectivity index (χ0n) is 12.2. The summed E-state index contributed by atoms with van der Waals surface area (Å²) in [4.78, 5) is 4.31. The largest absolute Gasteiger partial charge is 0.310 e. The van der Waals surface area contributed by atoms with Crippen molar-refractivity contribution in [3.05, 3.63) is 29.6 Å². The summed E-state index contributed by atoms with van der Waals surface area (Å²) in [6.45, 7) is 7.57. The lowest BCUT2D eigenvalue weighted by molar-refractivity contribution is 0.477. The molecule has 1 atom stereocenters. The van der Waals surface area contributed by atoms with Crippen LogP contribution >= 0.6 is 0 Å². The molecule has 0 aliphatic heterocycles. The number of hydrogen-bond donors (Lipinski definition) is 1. The third kappa shape index (κ3) is 5.63. The Morgan fingerprint density at radius 3 is 2.56 bits per heavy atom. The first kappa shape index (κ1) is 15.2. The number of rotatable bonds is 9. The zero-order valence-corrected chi connectivity index (χ0v) is 12.2. The molecule has 0 radical (unpaired) electrons. The minimum Gasteiger partial charge on any atom is -0.310 e. The highest BCUT2D eigenvalue weighted by atomic mass is 14.9. The number of aromatic nitrogens is 1. The van der Waals surface area contributed by atoms with Crippen molar-refractivity contribution < 1.29 is 0 Å². The molecule has 102 valence electrons. The van der Waals surface area contributed by atoms with Crippen LogP contribution in [0.5, 0.6) is 0 Å². The molecular formula is C16H28N2. The van der Waals surface area contributed by atoms with Gasteiger partial charge in [-0.15, -0.1) is 0 Å². The van der Waals surface area contributed by atoms with E-state index in [1.54, 1.807) is 0 Å². The van der Waals surface area contributed by atoms with Crippen molar-refractivity contribution in [2.75, 3.05) is 6.54 Å². The van der Waals surface area contributed by atoms with Gasteiger partial charge >= 0.3 is 0 Å². The van der Waals surface area contributed by atoms with Crippen LogP contribution in [0, 0.1) is 6.92 Å². The topological polar surface area (TPSA) is 24.9 Å². The highest BCUT2D eigenvalue weighted by Crippen LogP contribution is 2.20. The summed E-state index contributed by atoms with van der Waals surface area (Å²) >= 11 is 0. The fourth-order valence-electron chi connectivity index (χ4n) is 2.35. The van der Waals surface area contributed by atoms with E-state index < -0.39 is 0 Å². The monoisotopic (exact) mass is 248 g/mol. The average molecular weight is 248 g/mol. The van der Waals surface area contributed by atoms with Gasteiger partial charge in [-0.25, -0.2) is 0 Å². The molecule has 0 bridgehead atoms. The fraction of sp³-hybridized carbons (Fsp3) is 0.688. The lowest BCUT2D eigenvalue weighted by Gasteiger charge is -2.18. The molecule has 1 N–H and O–H groups in total. The molecule has 0 aliphatic carbocycles. The first-order chi connectivity index (χ1) is 8.77. The number of nitrogens with one attached hydrogen (secondary N) is 1. The molecule has 2 heteroatoms. The molecule has 1 unspecified atom stereocenters. The standard InChI is InChI=1S/C16H28N2/c1-4-6-7-8-9-10-16(18-5-2)15-11-14(3)12-17-13-15/h11-13,16,18H,4-10H2,1-3H3. The van der Waals surface area contributed by atoms with Crippen LogP contribution in [0.2, 0.25) is 0 Å². The van der Waals surface area contributed by atoms with Crippen LogP contribution in [0.4, 0.5) is 0 Å². The fourth-order valence-corrected chi connectivity index (χ4v) is 2.35. The first-order valence-electron chi connectivity index (χ1n) is 7.42. The van der Waals surface area contributed by atoms with Crippen LogP contribution < -0.4 is 5.32 Å². The summed E-state index contributed by atoms with van der Waals surface area (Å²) < 4.78 is 0. The number of nitrogens with zero attached hydrogens (tertiary/aromatic N) is 1. The van der Waals surface area contributed by atoms with Crippen LogP contribution in [0.15, 0.2) is 18.5 Å². The van der Waals surface area contributed by atoms with E-state index in [0.29, 0.717) is 6.04 Å². The van der Waals surface area contributed by atoms with Crippen molar-refractivity contribution in [1.29, 1.82) is 0 Å². The molecule has 0 saturated carbocycles. The second-order valence-electron chi connectivity index (χ2n) is 5.11. The second kappa shape index (κ2) is 9.09. The molecule has 18 heavy (non-hydrogen) atoms. The summed E-state index contributed by atoms with van der Waals surface area (Å²) in [5.74, 6) is 0. The van der Waals surface area contributed by atoms with Gasteiger partial charge in [-0.1, -0.05) is 52.0 Å². The van der Waals surface area contributed by atoms with Gasteiger partial charge in [-0.3, -0.25) is 4.98 Å². The smallest absolute Gasteiger partial charge is 0.0335 e.